The van der Waals surface area contributed by atoms with E-state index in [0.29, 0.717) is 0 Å². The summed E-state index contributed by atoms with van der Waals surface area (Å²) in [5.41, 5.74) is 9.49. The summed E-state index contributed by atoms with van der Waals surface area (Å²) in [5.74, 6) is -0.431. The Morgan fingerprint density at radius 3 is 2.39 bits per heavy atom. The van der Waals surface area contributed by atoms with E-state index in [1.54, 1.807) is 0 Å². The van der Waals surface area contributed by atoms with E-state index >= 15 is 0 Å². The number of hydrogen-bond donors (Lipinski definition) is 2. The van der Waals surface area contributed by atoms with Crippen molar-refractivity contribution in [2.75, 3.05) is 0 Å². The van der Waals surface area contributed by atoms with Gasteiger partial charge in [-0.3, -0.25) is 4.79 Å². The Labute approximate surface area is 112 Å². The van der Waals surface area contributed by atoms with Crippen molar-refractivity contribution in [1.82, 2.24) is 0 Å². The second-order valence-corrected chi connectivity index (χ2v) is 4.81. The number of carbonyl (C=O) groups is 1. The Kier molecular flexibility index (Phi) is 3.72. The molecule has 0 spiro atoms. The second-order valence-electron chi connectivity index (χ2n) is 4.30. The molecule has 1 atom stereocenters. The summed E-state index contributed by atoms with van der Waals surface area (Å²) in [6.07, 6.45) is 0. The number of benzene rings is 2. The Morgan fingerprint density at radius 2 is 1.78 bits per heavy atom. The van der Waals surface area contributed by atoms with Gasteiger partial charge in [0.2, 0.25) is 5.91 Å². The minimum Gasteiger partial charge on any atom is -0.368 e. The maximum atomic E-state index is 11.1. The number of hydrogen-bond acceptors (Lipinski definition) is 2. The molecule has 0 heterocycles. The van der Waals surface area contributed by atoms with E-state index in [1.165, 1.54) is 5.56 Å². The number of rotatable bonds is 3. The lowest BCUT2D eigenvalue weighted by Crippen LogP contribution is -2.17. The van der Waals surface area contributed by atoms with Crippen LogP contribution in [0.5, 0.6) is 0 Å². The first kappa shape index (κ1) is 12.7. The van der Waals surface area contributed by atoms with E-state index in [0.717, 1.165) is 16.7 Å². The van der Waals surface area contributed by atoms with Crippen LogP contribution >= 0.6 is 12.6 Å². The normalized spacial score (nSPS) is 12.1. The van der Waals surface area contributed by atoms with Crippen LogP contribution in [0.3, 0.4) is 0 Å². The van der Waals surface area contributed by atoms with E-state index in [9.17, 15) is 4.79 Å². The first-order valence-corrected chi connectivity index (χ1v) is 6.24. The quantitative estimate of drug-likeness (QED) is 0.815. The number of thiol groups is 1. The third-order valence-corrected chi connectivity index (χ3v) is 3.41. The summed E-state index contributed by atoms with van der Waals surface area (Å²) >= 11 is 4.22. The molecule has 0 unspecified atom stereocenters. The highest BCUT2D eigenvalue weighted by Gasteiger charge is 2.12. The molecule has 0 aliphatic rings. The Balaban J connectivity index is 2.38. The lowest BCUT2D eigenvalue weighted by atomic mass is 10.0. The fourth-order valence-corrected chi connectivity index (χ4v) is 1.96. The van der Waals surface area contributed by atoms with Crippen LogP contribution in [0.4, 0.5) is 0 Å². The highest BCUT2D eigenvalue weighted by atomic mass is 32.1. The smallest absolute Gasteiger partial charge is 0.234 e. The van der Waals surface area contributed by atoms with Gasteiger partial charge in [0.1, 0.15) is 5.25 Å². The largest absolute Gasteiger partial charge is 0.368 e. The summed E-state index contributed by atoms with van der Waals surface area (Å²) in [5, 5.41) is -0.560. The Bertz CT molecular complexity index is 563. The highest BCUT2D eigenvalue weighted by Crippen LogP contribution is 2.26. The lowest BCUT2D eigenvalue weighted by Gasteiger charge is -2.09. The minimum atomic E-state index is -0.560. The fraction of sp³-hybridized carbons (Fsp3) is 0.133. The molecule has 0 bridgehead atoms. The molecular formula is C15H15NOS. The van der Waals surface area contributed by atoms with Crippen LogP contribution in [-0.4, -0.2) is 5.91 Å². The van der Waals surface area contributed by atoms with E-state index < -0.39 is 11.2 Å². The molecule has 18 heavy (non-hydrogen) atoms. The average Bonchev–Trinajstić information content (AvgIpc) is 2.38. The van der Waals surface area contributed by atoms with Gasteiger partial charge in [-0.2, -0.15) is 12.6 Å². The zero-order valence-electron chi connectivity index (χ0n) is 10.1. The Morgan fingerprint density at radius 1 is 1.11 bits per heavy atom. The molecule has 2 aromatic rings. The molecule has 2 N–H and O–H groups in total. The molecule has 3 heteroatoms. The average molecular weight is 257 g/mol. The van der Waals surface area contributed by atoms with E-state index in [-0.39, 0.29) is 0 Å². The number of nitrogens with two attached hydrogens (primary N) is 1. The SMILES string of the molecule is Cc1ccc(-c2cccc([C@H](S)C(N)=O)c2)cc1. The van der Waals surface area contributed by atoms with Gasteiger partial charge >= 0.3 is 0 Å². The Hall–Kier alpha value is -1.74. The maximum absolute atomic E-state index is 11.1. The molecular weight excluding hydrogens is 242 g/mol. The number of carbonyl (C=O) groups excluding carboxylic acids is 1. The molecule has 2 nitrogen and oxygen atoms in total. The van der Waals surface area contributed by atoms with Crippen LogP contribution < -0.4 is 5.73 Å². The number of amides is 1. The number of aryl methyl sites for hydroxylation is 1. The van der Waals surface area contributed by atoms with Gasteiger partial charge in [0.15, 0.2) is 0 Å². The monoisotopic (exact) mass is 257 g/mol. The first-order valence-electron chi connectivity index (χ1n) is 5.72. The minimum absolute atomic E-state index is 0.431. The lowest BCUT2D eigenvalue weighted by molar-refractivity contribution is -0.117. The predicted molar refractivity (Wildman–Crippen MR) is 77.5 cm³/mol. The van der Waals surface area contributed by atoms with Crippen molar-refractivity contribution in [3.63, 3.8) is 0 Å². The molecule has 2 aromatic carbocycles. The van der Waals surface area contributed by atoms with Gasteiger partial charge in [-0.25, -0.2) is 0 Å². The van der Waals surface area contributed by atoms with Crippen molar-refractivity contribution >= 4 is 18.5 Å². The number of primary amides is 1. The summed E-state index contributed by atoms with van der Waals surface area (Å²) in [6.45, 7) is 2.05. The standard InChI is InChI=1S/C15H15NOS/c1-10-5-7-11(8-6-10)12-3-2-4-13(9-12)14(18)15(16)17/h2-9,14,18H,1H3,(H2,16,17)/t14-/m0/s1. The van der Waals surface area contributed by atoms with Crippen molar-refractivity contribution in [2.24, 2.45) is 5.73 Å². The highest BCUT2D eigenvalue weighted by molar-refractivity contribution is 7.81. The second kappa shape index (κ2) is 5.27. The molecule has 0 fully saturated rings. The molecule has 0 aromatic heterocycles. The van der Waals surface area contributed by atoms with Crippen LogP contribution in [0.1, 0.15) is 16.4 Å². The van der Waals surface area contributed by atoms with Crippen LogP contribution in [0.25, 0.3) is 11.1 Å². The van der Waals surface area contributed by atoms with Gasteiger partial charge in [-0.15, -0.1) is 0 Å². The third kappa shape index (κ3) is 2.74. The van der Waals surface area contributed by atoms with Crippen LogP contribution in [0, 0.1) is 6.92 Å². The molecule has 2 rings (SSSR count). The molecule has 1 amide bonds. The topological polar surface area (TPSA) is 43.1 Å². The first-order chi connectivity index (χ1) is 8.58. The van der Waals surface area contributed by atoms with Gasteiger partial charge in [0.25, 0.3) is 0 Å². The van der Waals surface area contributed by atoms with Crippen molar-refractivity contribution < 1.29 is 4.79 Å². The van der Waals surface area contributed by atoms with E-state index in [1.807, 2.05) is 24.3 Å². The zero-order valence-corrected chi connectivity index (χ0v) is 11.0. The van der Waals surface area contributed by atoms with Crippen molar-refractivity contribution in [3.8, 4) is 11.1 Å². The van der Waals surface area contributed by atoms with E-state index in [4.69, 9.17) is 5.73 Å². The van der Waals surface area contributed by atoms with Crippen molar-refractivity contribution in [2.45, 2.75) is 12.2 Å². The van der Waals surface area contributed by atoms with Gasteiger partial charge in [0.05, 0.1) is 0 Å². The molecule has 0 saturated carbocycles. The molecule has 0 aliphatic heterocycles. The van der Waals surface area contributed by atoms with Crippen molar-refractivity contribution in [1.29, 1.82) is 0 Å². The molecule has 0 saturated heterocycles. The predicted octanol–water partition coefficient (Wildman–Crippen LogP) is 3.12. The van der Waals surface area contributed by atoms with Gasteiger partial charge in [0, 0.05) is 0 Å². The van der Waals surface area contributed by atoms with Crippen LogP contribution in [0.2, 0.25) is 0 Å². The summed E-state index contributed by atoms with van der Waals surface area (Å²) in [4.78, 5) is 11.1. The van der Waals surface area contributed by atoms with Gasteiger partial charge in [-0.05, 0) is 29.7 Å². The van der Waals surface area contributed by atoms with Gasteiger partial charge in [-0.1, -0.05) is 48.0 Å². The van der Waals surface area contributed by atoms with E-state index in [2.05, 4.69) is 43.8 Å². The molecule has 0 aliphatic carbocycles. The third-order valence-electron chi connectivity index (χ3n) is 2.86. The van der Waals surface area contributed by atoms with Crippen LogP contribution in [0.15, 0.2) is 48.5 Å². The van der Waals surface area contributed by atoms with Crippen molar-refractivity contribution in [3.05, 3.63) is 59.7 Å². The maximum Gasteiger partial charge on any atom is 0.234 e. The molecule has 0 radical (unpaired) electrons. The summed E-state index contributed by atoms with van der Waals surface area (Å²) in [6, 6.07) is 16.0. The molecule has 92 valence electrons. The fourth-order valence-electron chi connectivity index (χ4n) is 1.80. The summed E-state index contributed by atoms with van der Waals surface area (Å²) in [7, 11) is 0. The zero-order chi connectivity index (χ0) is 13.1. The van der Waals surface area contributed by atoms with Crippen LogP contribution in [-0.2, 0) is 4.79 Å². The summed E-state index contributed by atoms with van der Waals surface area (Å²) < 4.78 is 0. The van der Waals surface area contributed by atoms with Gasteiger partial charge < -0.3 is 5.73 Å².